The van der Waals surface area contributed by atoms with Gasteiger partial charge in [-0.3, -0.25) is 0 Å². The second-order valence-corrected chi connectivity index (χ2v) is 3.86. The van der Waals surface area contributed by atoms with Crippen molar-refractivity contribution < 1.29 is 4.92 Å². The Kier molecular flexibility index (Phi) is 2.32. The SMILES string of the molecule is O=[N+]([O-])c1cccn1Cc1cccs1. The van der Waals surface area contributed by atoms with E-state index in [1.165, 1.54) is 6.07 Å². The highest BCUT2D eigenvalue weighted by molar-refractivity contribution is 7.09. The standard InChI is InChI=1S/C9H8N2O2S/c12-11(13)9-4-1-5-10(9)7-8-3-2-6-14-8/h1-6H,7H2. The van der Waals surface area contributed by atoms with Crippen molar-refractivity contribution in [3.8, 4) is 0 Å². The van der Waals surface area contributed by atoms with Crippen LogP contribution in [0.25, 0.3) is 0 Å². The van der Waals surface area contributed by atoms with Crippen molar-refractivity contribution in [3.05, 3.63) is 50.8 Å². The lowest BCUT2D eigenvalue weighted by Gasteiger charge is -1.98. The fourth-order valence-electron chi connectivity index (χ4n) is 1.27. The molecule has 2 rings (SSSR count). The number of aromatic nitrogens is 1. The van der Waals surface area contributed by atoms with Gasteiger partial charge >= 0.3 is 5.82 Å². The zero-order chi connectivity index (χ0) is 9.97. The molecule has 0 N–H and O–H groups in total. The molecule has 0 aromatic carbocycles. The van der Waals surface area contributed by atoms with Crippen molar-refractivity contribution in [2.24, 2.45) is 0 Å². The number of hydrogen-bond donors (Lipinski definition) is 0. The summed E-state index contributed by atoms with van der Waals surface area (Å²) < 4.78 is 1.63. The molecule has 2 heterocycles. The molecule has 14 heavy (non-hydrogen) atoms. The first-order chi connectivity index (χ1) is 6.77. The molecule has 5 heteroatoms. The van der Waals surface area contributed by atoms with Crippen molar-refractivity contribution in [2.45, 2.75) is 6.54 Å². The largest absolute Gasteiger partial charge is 0.358 e. The molecule has 2 aromatic heterocycles. The molecular weight excluding hydrogens is 200 g/mol. The van der Waals surface area contributed by atoms with E-state index in [0.29, 0.717) is 6.54 Å². The van der Waals surface area contributed by atoms with Gasteiger partial charge in [0.1, 0.15) is 6.54 Å². The van der Waals surface area contributed by atoms with E-state index in [9.17, 15) is 10.1 Å². The molecule has 0 saturated heterocycles. The third-order valence-corrected chi connectivity index (χ3v) is 2.76. The smallest absolute Gasteiger partial charge is 0.323 e. The van der Waals surface area contributed by atoms with E-state index in [1.807, 2.05) is 17.5 Å². The molecule has 0 saturated carbocycles. The Morgan fingerprint density at radius 3 is 2.93 bits per heavy atom. The van der Waals surface area contributed by atoms with Gasteiger partial charge in [-0.05, 0) is 22.4 Å². The van der Waals surface area contributed by atoms with E-state index >= 15 is 0 Å². The Hall–Kier alpha value is -1.62. The Labute approximate surface area is 84.6 Å². The van der Waals surface area contributed by atoms with E-state index < -0.39 is 0 Å². The van der Waals surface area contributed by atoms with Crippen LogP contribution in [0.5, 0.6) is 0 Å². The number of nitrogens with zero attached hydrogens (tertiary/aromatic N) is 2. The zero-order valence-electron chi connectivity index (χ0n) is 7.29. The normalized spacial score (nSPS) is 10.3. The summed E-state index contributed by atoms with van der Waals surface area (Å²) >= 11 is 1.60. The summed E-state index contributed by atoms with van der Waals surface area (Å²) in [7, 11) is 0. The quantitative estimate of drug-likeness (QED) is 0.574. The molecule has 0 unspecified atom stereocenters. The Morgan fingerprint density at radius 2 is 2.29 bits per heavy atom. The van der Waals surface area contributed by atoms with Gasteiger partial charge in [0.15, 0.2) is 0 Å². The summed E-state index contributed by atoms with van der Waals surface area (Å²) in [6.45, 7) is 0.570. The van der Waals surface area contributed by atoms with Crippen LogP contribution in [0.4, 0.5) is 5.82 Å². The predicted molar refractivity (Wildman–Crippen MR) is 54.5 cm³/mol. The summed E-state index contributed by atoms with van der Waals surface area (Å²) in [6, 6.07) is 7.10. The molecule has 0 amide bonds. The van der Waals surface area contributed by atoms with Gasteiger partial charge in [0, 0.05) is 10.9 Å². The van der Waals surface area contributed by atoms with Gasteiger partial charge in [-0.15, -0.1) is 11.3 Å². The van der Waals surface area contributed by atoms with Crippen LogP contribution < -0.4 is 0 Å². The van der Waals surface area contributed by atoms with Crippen LogP contribution in [0.3, 0.4) is 0 Å². The monoisotopic (exact) mass is 208 g/mol. The van der Waals surface area contributed by atoms with Crippen molar-refractivity contribution in [2.75, 3.05) is 0 Å². The van der Waals surface area contributed by atoms with Crippen LogP contribution in [-0.2, 0) is 6.54 Å². The second-order valence-electron chi connectivity index (χ2n) is 2.83. The third kappa shape index (κ3) is 1.67. The first-order valence-corrected chi connectivity index (χ1v) is 4.97. The van der Waals surface area contributed by atoms with E-state index in [-0.39, 0.29) is 10.7 Å². The molecule has 2 aromatic rings. The molecule has 0 aliphatic heterocycles. The zero-order valence-corrected chi connectivity index (χ0v) is 8.11. The Balaban J connectivity index is 2.25. The number of rotatable bonds is 3. The lowest BCUT2D eigenvalue weighted by Crippen LogP contribution is -2.01. The fraction of sp³-hybridized carbons (Fsp3) is 0.111. The van der Waals surface area contributed by atoms with Gasteiger partial charge in [0.2, 0.25) is 0 Å². The molecule has 0 radical (unpaired) electrons. The highest BCUT2D eigenvalue weighted by atomic mass is 32.1. The van der Waals surface area contributed by atoms with E-state index in [4.69, 9.17) is 0 Å². The summed E-state index contributed by atoms with van der Waals surface area (Å²) in [5.41, 5.74) is 0. The molecular formula is C9H8N2O2S. The van der Waals surface area contributed by atoms with Crippen LogP contribution in [0.1, 0.15) is 4.88 Å². The first-order valence-electron chi connectivity index (χ1n) is 4.09. The van der Waals surface area contributed by atoms with E-state index in [2.05, 4.69) is 0 Å². The minimum absolute atomic E-state index is 0.137. The highest BCUT2D eigenvalue weighted by Crippen LogP contribution is 2.17. The topological polar surface area (TPSA) is 48.1 Å². The minimum Gasteiger partial charge on any atom is -0.358 e. The molecule has 72 valence electrons. The highest BCUT2D eigenvalue weighted by Gasteiger charge is 2.11. The maximum absolute atomic E-state index is 10.6. The number of nitro groups is 1. The summed E-state index contributed by atoms with van der Waals surface area (Å²) in [5, 5.41) is 12.6. The summed E-state index contributed by atoms with van der Waals surface area (Å²) in [6.07, 6.45) is 1.72. The average Bonchev–Trinajstić information content (AvgIpc) is 2.75. The van der Waals surface area contributed by atoms with Crippen molar-refractivity contribution in [3.63, 3.8) is 0 Å². The summed E-state index contributed by atoms with van der Waals surface area (Å²) in [5.74, 6) is 0.137. The van der Waals surface area contributed by atoms with Crippen molar-refractivity contribution in [1.29, 1.82) is 0 Å². The second kappa shape index (κ2) is 3.63. The lowest BCUT2D eigenvalue weighted by molar-refractivity contribution is -0.391. The molecule has 0 atom stereocenters. The molecule has 4 nitrogen and oxygen atoms in total. The number of hydrogen-bond acceptors (Lipinski definition) is 3. The van der Waals surface area contributed by atoms with Crippen LogP contribution in [0, 0.1) is 10.1 Å². The molecule has 0 bridgehead atoms. The molecule has 0 fully saturated rings. The van der Waals surface area contributed by atoms with Crippen molar-refractivity contribution in [1.82, 2.24) is 4.57 Å². The van der Waals surface area contributed by atoms with Crippen LogP contribution in [-0.4, -0.2) is 9.49 Å². The lowest BCUT2D eigenvalue weighted by atomic mass is 10.4. The van der Waals surface area contributed by atoms with Crippen LogP contribution in [0.15, 0.2) is 35.8 Å². The van der Waals surface area contributed by atoms with Crippen LogP contribution >= 0.6 is 11.3 Å². The Morgan fingerprint density at radius 1 is 1.43 bits per heavy atom. The third-order valence-electron chi connectivity index (χ3n) is 1.90. The van der Waals surface area contributed by atoms with Gasteiger partial charge < -0.3 is 10.1 Å². The van der Waals surface area contributed by atoms with Gasteiger partial charge in [-0.1, -0.05) is 6.07 Å². The number of thiophene rings is 1. The Bertz CT molecular complexity index is 433. The van der Waals surface area contributed by atoms with Gasteiger partial charge in [0.05, 0.1) is 6.20 Å². The maximum Gasteiger partial charge on any atom is 0.323 e. The molecule has 0 aliphatic rings. The maximum atomic E-state index is 10.6. The van der Waals surface area contributed by atoms with Crippen LogP contribution in [0.2, 0.25) is 0 Å². The van der Waals surface area contributed by atoms with Crippen molar-refractivity contribution >= 4 is 17.2 Å². The molecule has 0 spiro atoms. The predicted octanol–water partition coefficient (Wildman–Crippen LogP) is 2.51. The van der Waals surface area contributed by atoms with Gasteiger partial charge in [-0.25, -0.2) is 4.57 Å². The minimum atomic E-state index is -0.367. The first kappa shape index (κ1) is 8.96. The van der Waals surface area contributed by atoms with E-state index in [1.54, 1.807) is 28.2 Å². The van der Waals surface area contributed by atoms with Gasteiger partial charge in [0.25, 0.3) is 0 Å². The molecule has 0 aliphatic carbocycles. The average molecular weight is 208 g/mol. The fourth-order valence-corrected chi connectivity index (χ4v) is 1.98. The van der Waals surface area contributed by atoms with Gasteiger partial charge in [-0.2, -0.15) is 0 Å². The van der Waals surface area contributed by atoms with E-state index in [0.717, 1.165) is 4.88 Å². The summed E-state index contributed by atoms with van der Waals surface area (Å²) in [4.78, 5) is 11.3.